The van der Waals surface area contributed by atoms with Crippen LogP contribution in [0, 0.1) is 28.6 Å². The zero-order valence-electron chi connectivity index (χ0n) is 20.4. The van der Waals surface area contributed by atoms with Crippen LogP contribution in [0.2, 0.25) is 10.0 Å². The summed E-state index contributed by atoms with van der Waals surface area (Å²) in [7, 11) is 0. The summed E-state index contributed by atoms with van der Waals surface area (Å²) in [6, 6.07) is 21.7. The number of hydrogen-bond acceptors (Lipinski definition) is 5. The van der Waals surface area contributed by atoms with Gasteiger partial charge in [-0.15, -0.1) is 0 Å². The second kappa shape index (κ2) is 11.0. The van der Waals surface area contributed by atoms with Gasteiger partial charge in [-0.25, -0.2) is 0 Å². The Labute approximate surface area is 229 Å². The van der Waals surface area contributed by atoms with Gasteiger partial charge < -0.3 is 14.2 Å². The molecule has 0 spiro atoms. The Kier molecular flexibility index (Phi) is 7.96. The number of nitrogens with zero attached hydrogens (tertiary/aromatic N) is 1. The fraction of sp³-hybridized carbons (Fsp3) is 0.241. The SMILES string of the molecule is CC1(C)[C@H](C=CC(F)(F)Oc2ccc(Cl)cc2Cl)[C@H]1C(=O)OC(C#N)c1cccc(Oc2ccccc2)c1. The third kappa shape index (κ3) is 6.45. The lowest BCUT2D eigenvalue weighted by Gasteiger charge is -2.15. The van der Waals surface area contributed by atoms with Gasteiger partial charge in [0.05, 0.1) is 10.9 Å². The number of ether oxygens (including phenoxy) is 3. The van der Waals surface area contributed by atoms with Crippen molar-refractivity contribution in [2.24, 2.45) is 17.3 Å². The van der Waals surface area contributed by atoms with Crippen molar-refractivity contribution < 1.29 is 27.8 Å². The van der Waals surface area contributed by atoms with Gasteiger partial charge in [0.25, 0.3) is 0 Å². The van der Waals surface area contributed by atoms with Crippen LogP contribution >= 0.6 is 23.2 Å². The minimum absolute atomic E-state index is 0.0560. The van der Waals surface area contributed by atoms with Gasteiger partial charge in [0, 0.05) is 16.7 Å². The molecule has 1 saturated carbocycles. The topological polar surface area (TPSA) is 68.5 Å². The second-order valence-electron chi connectivity index (χ2n) is 9.36. The molecule has 1 fully saturated rings. The number of allylic oxidation sites excluding steroid dienone is 1. The Morgan fingerprint density at radius 1 is 1.05 bits per heavy atom. The maximum Gasteiger partial charge on any atom is 0.419 e. The predicted octanol–water partition coefficient (Wildman–Crippen LogP) is 8.39. The van der Waals surface area contributed by atoms with Gasteiger partial charge in [0.2, 0.25) is 6.10 Å². The third-order valence-corrected chi connectivity index (χ3v) is 6.82. The highest BCUT2D eigenvalue weighted by Gasteiger charge is 2.62. The number of esters is 1. The molecule has 1 aliphatic carbocycles. The van der Waals surface area contributed by atoms with E-state index in [1.54, 1.807) is 50.2 Å². The van der Waals surface area contributed by atoms with Crippen molar-refractivity contribution in [3.8, 4) is 23.3 Å². The number of rotatable bonds is 9. The lowest BCUT2D eigenvalue weighted by atomic mass is 10.1. The van der Waals surface area contributed by atoms with Gasteiger partial charge in [0.1, 0.15) is 23.3 Å². The number of nitriles is 1. The Balaban J connectivity index is 1.41. The van der Waals surface area contributed by atoms with E-state index in [1.165, 1.54) is 24.3 Å². The molecule has 3 aromatic rings. The fourth-order valence-electron chi connectivity index (χ4n) is 4.17. The van der Waals surface area contributed by atoms with Crippen molar-refractivity contribution in [3.63, 3.8) is 0 Å². The zero-order chi connectivity index (χ0) is 27.5. The molecule has 0 saturated heterocycles. The summed E-state index contributed by atoms with van der Waals surface area (Å²) >= 11 is 11.7. The predicted molar refractivity (Wildman–Crippen MR) is 139 cm³/mol. The molecule has 5 nitrogen and oxygen atoms in total. The Morgan fingerprint density at radius 3 is 2.45 bits per heavy atom. The summed E-state index contributed by atoms with van der Waals surface area (Å²) in [5.41, 5.74) is -0.223. The molecule has 38 heavy (non-hydrogen) atoms. The summed E-state index contributed by atoms with van der Waals surface area (Å²) in [4.78, 5) is 13.0. The molecule has 0 aromatic heterocycles. The maximum absolute atomic E-state index is 14.5. The molecule has 1 aliphatic rings. The van der Waals surface area contributed by atoms with Crippen molar-refractivity contribution in [1.82, 2.24) is 0 Å². The monoisotopic (exact) mass is 557 g/mol. The molecule has 1 unspecified atom stereocenters. The van der Waals surface area contributed by atoms with Crippen LogP contribution in [0.25, 0.3) is 0 Å². The Bertz CT molecular complexity index is 1390. The molecular formula is C29H23Cl2F2NO4. The third-order valence-electron chi connectivity index (χ3n) is 6.29. The van der Waals surface area contributed by atoms with Crippen molar-refractivity contribution in [3.05, 3.63) is 101 Å². The average molecular weight is 558 g/mol. The van der Waals surface area contributed by atoms with E-state index in [0.717, 1.165) is 0 Å². The first-order valence-corrected chi connectivity index (χ1v) is 12.4. The number of hydrogen-bond donors (Lipinski definition) is 0. The van der Waals surface area contributed by atoms with Gasteiger partial charge in [-0.1, -0.05) is 73.5 Å². The van der Waals surface area contributed by atoms with Crippen molar-refractivity contribution >= 4 is 29.2 Å². The van der Waals surface area contributed by atoms with Crippen LogP contribution in [0.1, 0.15) is 25.5 Å². The van der Waals surface area contributed by atoms with Crippen molar-refractivity contribution in [1.29, 1.82) is 5.26 Å². The summed E-state index contributed by atoms with van der Waals surface area (Å²) in [5.74, 6) is -1.06. The molecule has 3 atom stereocenters. The molecule has 0 radical (unpaired) electrons. The minimum Gasteiger partial charge on any atom is -0.457 e. The van der Waals surface area contributed by atoms with Gasteiger partial charge in [-0.3, -0.25) is 4.79 Å². The van der Waals surface area contributed by atoms with E-state index in [1.807, 2.05) is 24.3 Å². The minimum atomic E-state index is -3.68. The molecule has 3 aromatic carbocycles. The van der Waals surface area contributed by atoms with Crippen LogP contribution in [0.15, 0.2) is 84.9 Å². The van der Waals surface area contributed by atoms with Gasteiger partial charge >= 0.3 is 12.1 Å². The number of para-hydroxylation sites is 1. The number of benzene rings is 3. The van der Waals surface area contributed by atoms with E-state index in [9.17, 15) is 18.8 Å². The first-order valence-electron chi connectivity index (χ1n) is 11.6. The van der Waals surface area contributed by atoms with Crippen LogP contribution in [-0.4, -0.2) is 12.1 Å². The summed E-state index contributed by atoms with van der Waals surface area (Å²) in [6.45, 7) is 3.53. The number of alkyl halides is 2. The first kappa shape index (κ1) is 27.4. The highest BCUT2D eigenvalue weighted by Crippen LogP contribution is 2.60. The maximum atomic E-state index is 14.5. The van der Waals surface area contributed by atoms with E-state index >= 15 is 0 Å². The Hall–Kier alpha value is -3.60. The highest BCUT2D eigenvalue weighted by atomic mass is 35.5. The molecule has 0 heterocycles. The van der Waals surface area contributed by atoms with Crippen LogP contribution in [0.4, 0.5) is 8.78 Å². The average Bonchev–Trinajstić information content (AvgIpc) is 3.44. The standard InChI is InChI=1S/C29H23Cl2F2NO4/c1-28(2)22(13-14-29(32,33)38-24-12-11-19(30)16-23(24)31)26(28)27(35)37-25(17-34)18-7-6-10-21(15-18)36-20-8-4-3-5-9-20/h3-16,22,25-26H,1-2H3/t22-,25?,26+/m1/s1. The zero-order valence-corrected chi connectivity index (χ0v) is 21.9. The smallest absolute Gasteiger partial charge is 0.419 e. The quantitative estimate of drug-likeness (QED) is 0.195. The number of carbonyl (C=O) groups is 1. The lowest BCUT2D eigenvalue weighted by molar-refractivity contribution is -0.149. The molecule has 0 amide bonds. The van der Waals surface area contributed by atoms with Crippen LogP contribution in [0.3, 0.4) is 0 Å². The fourth-order valence-corrected chi connectivity index (χ4v) is 4.61. The van der Waals surface area contributed by atoms with E-state index in [2.05, 4.69) is 0 Å². The van der Waals surface area contributed by atoms with Crippen LogP contribution in [0.5, 0.6) is 17.2 Å². The second-order valence-corrected chi connectivity index (χ2v) is 10.2. The number of carbonyl (C=O) groups excluding carboxylic acids is 1. The van der Waals surface area contributed by atoms with E-state index < -0.39 is 35.4 Å². The van der Waals surface area contributed by atoms with Crippen molar-refractivity contribution in [2.75, 3.05) is 0 Å². The largest absolute Gasteiger partial charge is 0.457 e. The molecule has 0 aliphatic heterocycles. The first-order chi connectivity index (χ1) is 18.0. The Morgan fingerprint density at radius 2 is 1.76 bits per heavy atom. The molecule has 4 rings (SSSR count). The van der Waals surface area contributed by atoms with Crippen molar-refractivity contribution in [2.45, 2.75) is 26.1 Å². The van der Waals surface area contributed by atoms with E-state index in [-0.39, 0.29) is 15.8 Å². The number of halogens is 4. The van der Waals surface area contributed by atoms with E-state index in [4.69, 9.17) is 37.4 Å². The molecular weight excluding hydrogens is 535 g/mol. The highest BCUT2D eigenvalue weighted by molar-refractivity contribution is 6.35. The lowest BCUT2D eigenvalue weighted by Crippen LogP contribution is -2.21. The van der Waals surface area contributed by atoms with Crippen LogP contribution in [-0.2, 0) is 9.53 Å². The molecule has 0 bridgehead atoms. The van der Waals surface area contributed by atoms with Gasteiger partial charge in [0.15, 0.2) is 0 Å². The summed E-state index contributed by atoms with van der Waals surface area (Å²) in [5, 5.41) is 9.91. The van der Waals surface area contributed by atoms with Gasteiger partial charge in [-0.05, 0) is 53.8 Å². The van der Waals surface area contributed by atoms with E-state index in [0.29, 0.717) is 23.1 Å². The normalized spacial score (nSPS) is 18.9. The molecule has 196 valence electrons. The molecule has 0 N–H and O–H groups in total. The van der Waals surface area contributed by atoms with Gasteiger partial charge in [-0.2, -0.15) is 14.0 Å². The summed E-state index contributed by atoms with van der Waals surface area (Å²) < 4.78 is 45.0. The molecule has 9 heteroatoms. The van der Waals surface area contributed by atoms with Crippen LogP contribution < -0.4 is 9.47 Å². The summed E-state index contributed by atoms with van der Waals surface area (Å²) in [6.07, 6.45) is -3.06.